The number of carbonyl (C=O) groups excluding carboxylic acids is 1. The Kier molecular flexibility index (Phi) is 5.59. The molecule has 0 spiro atoms. The molecule has 0 radical (unpaired) electrons. The molecule has 1 aromatic heterocycles. The first-order chi connectivity index (χ1) is 12.3. The van der Waals surface area contributed by atoms with Gasteiger partial charge in [0.15, 0.2) is 0 Å². The van der Waals surface area contributed by atoms with Gasteiger partial charge in [0.25, 0.3) is 5.91 Å². The summed E-state index contributed by atoms with van der Waals surface area (Å²) in [4.78, 5) is 12.4. The van der Waals surface area contributed by atoms with E-state index in [1.807, 2.05) is 54.7 Å². The van der Waals surface area contributed by atoms with Gasteiger partial charge in [0.05, 0.1) is 5.69 Å². The molecule has 25 heavy (non-hydrogen) atoms. The van der Waals surface area contributed by atoms with E-state index in [0.717, 1.165) is 11.3 Å². The largest absolute Gasteiger partial charge is 0.396 e. The van der Waals surface area contributed by atoms with E-state index < -0.39 is 0 Å². The number of rotatable bonds is 7. The third-order valence-electron chi connectivity index (χ3n) is 4.16. The van der Waals surface area contributed by atoms with Gasteiger partial charge in [-0.25, -0.2) is 4.68 Å². The van der Waals surface area contributed by atoms with Gasteiger partial charge in [-0.1, -0.05) is 30.3 Å². The Hall–Kier alpha value is -2.92. The van der Waals surface area contributed by atoms with E-state index in [4.69, 9.17) is 0 Å². The number of aliphatic hydroxyl groups excluding tert-OH is 1. The Balaban J connectivity index is 1.63. The molecule has 1 heterocycles. The summed E-state index contributed by atoms with van der Waals surface area (Å²) in [5.74, 6) is -0.0237. The summed E-state index contributed by atoms with van der Waals surface area (Å²) < 4.78 is 1.74. The third-order valence-corrected chi connectivity index (χ3v) is 4.16. The number of aromatic nitrogens is 2. The van der Waals surface area contributed by atoms with Crippen molar-refractivity contribution in [2.75, 3.05) is 13.2 Å². The van der Waals surface area contributed by atoms with Gasteiger partial charge in [0, 0.05) is 37.0 Å². The number of carbonyl (C=O) groups is 1. The summed E-state index contributed by atoms with van der Waals surface area (Å²) in [5, 5.41) is 16.4. The molecule has 0 aliphatic rings. The topological polar surface area (TPSA) is 67.2 Å². The van der Waals surface area contributed by atoms with Crippen molar-refractivity contribution in [3.05, 3.63) is 84.2 Å². The summed E-state index contributed by atoms with van der Waals surface area (Å²) in [6.45, 7) is 0.582. The fourth-order valence-corrected chi connectivity index (χ4v) is 2.77. The molecule has 128 valence electrons. The van der Waals surface area contributed by atoms with E-state index in [1.54, 1.807) is 23.0 Å². The van der Waals surface area contributed by atoms with Crippen LogP contribution in [0.3, 0.4) is 0 Å². The third kappa shape index (κ3) is 4.33. The van der Waals surface area contributed by atoms with Crippen LogP contribution in [0.4, 0.5) is 0 Å². The van der Waals surface area contributed by atoms with E-state index in [2.05, 4.69) is 10.4 Å². The monoisotopic (exact) mass is 335 g/mol. The molecule has 0 fully saturated rings. The van der Waals surface area contributed by atoms with Crippen LogP contribution in [0.25, 0.3) is 5.69 Å². The predicted octanol–water partition coefficient (Wildman–Crippen LogP) is 2.77. The van der Waals surface area contributed by atoms with Crippen LogP contribution in [-0.2, 0) is 0 Å². The van der Waals surface area contributed by atoms with Crippen molar-refractivity contribution in [1.82, 2.24) is 15.1 Å². The SMILES string of the molecule is O=C(NCC(CCO)c1ccccc1)c1ccc(-n2cccn2)cc1. The standard InChI is InChI=1S/C20H21N3O2/c24-14-11-18(16-5-2-1-3-6-16)15-21-20(25)17-7-9-19(10-8-17)23-13-4-12-22-23/h1-10,12-13,18,24H,11,14-15H2,(H,21,25). The number of benzene rings is 2. The molecule has 5 heteroatoms. The maximum atomic E-state index is 12.4. The second-order valence-electron chi connectivity index (χ2n) is 5.83. The highest BCUT2D eigenvalue weighted by Crippen LogP contribution is 2.18. The van der Waals surface area contributed by atoms with Crippen LogP contribution in [0.1, 0.15) is 28.3 Å². The Labute approximate surface area is 146 Å². The highest BCUT2D eigenvalue weighted by atomic mass is 16.3. The quantitative estimate of drug-likeness (QED) is 0.698. The number of amides is 1. The smallest absolute Gasteiger partial charge is 0.251 e. The van der Waals surface area contributed by atoms with Gasteiger partial charge in [-0.3, -0.25) is 4.79 Å². The van der Waals surface area contributed by atoms with Crippen LogP contribution in [0.15, 0.2) is 73.1 Å². The van der Waals surface area contributed by atoms with E-state index in [-0.39, 0.29) is 18.4 Å². The van der Waals surface area contributed by atoms with Crippen molar-refractivity contribution in [2.24, 2.45) is 0 Å². The number of nitrogens with one attached hydrogen (secondary N) is 1. The highest BCUT2D eigenvalue weighted by Gasteiger charge is 2.13. The molecule has 0 saturated carbocycles. The Morgan fingerprint density at radius 1 is 1.08 bits per heavy atom. The number of aliphatic hydroxyl groups is 1. The lowest BCUT2D eigenvalue weighted by molar-refractivity contribution is 0.0949. The maximum absolute atomic E-state index is 12.4. The molecule has 5 nitrogen and oxygen atoms in total. The van der Waals surface area contributed by atoms with Gasteiger partial charge in [-0.15, -0.1) is 0 Å². The average Bonchev–Trinajstić information content (AvgIpc) is 3.20. The summed E-state index contributed by atoms with van der Waals surface area (Å²) >= 11 is 0. The van der Waals surface area contributed by atoms with Gasteiger partial charge >= 0.3 is 0 Å². The van der Waals surface area contributed by atoms with Gasteiger partial charge in [-0.2, -0.15) is 5.10 Å². The molecule has 0 aliphatic carbocycles. The molecule has 0 saturated heterocycles. The Morgan fingerprint density at radius 2 is 1.84 bits per heavy atom. The average molecular weight is 335 g/mol. The van der Waals surface area contributed by atoms with Gasteiger partial charge in [0.2, 0.25) is 0 Å². The van der Waals surface area contributed by atoms with E-state index in [9.17, 15) is 9.90 Å². The minimum Gasteiger partial charge on any atom is -0.396 e. The van der Waals surface area contributed by atoms with Crippen LogP contribution in [0.2, 0.25) is 0 Å². The molecule has 0 aliphatic heterocycles. The van der Waals surface area contributed by atoms with Crippen molar-refractivity contribution in [1.29, 1.82) is 0 Å². The van der Waals surface area contributed by atoms with Crippen molar-refractivity contribution in [2.45, 2.75) is 12.3 Å². The van der Waals surface area contributed by atoms with Crippen LogP contribution < -0.4 is 5.32 Å². The molecular weight excluding hydrogens is 314 g/mol. The maximum Gasteiger partial charge on any atom is 0.251 e. The lowest BCUT2D eigenvalue weighted by atomic mass is 9.96. The molecule has 1 amide bonds. The van der Waals surface area contributed by atoms with Crippen molar-refractivity contribution in [3.8, 4) is 5.69 Å². The lowest BCUT2D eigenvalue weighted by Crippen LogP contribution is -2.28. The van der Waals surface area contributed by atoms with Crippen molar-refractivity contribution >= 4 is 5.91 Å². The molecule has 2 aromatic carbocycles. The van der Waals surface area contributed by atoms with Gasteiger partial charge in [-0.05, 0) is 42.3 Å². The molecule has 1 atom stereocenters. The van der Waals surface area contributed by atoms with E-state index >= 15 is 0 Å². The molecule has 2 N–H and O–H groups in total. The number of hydrogen-bond acceptors (Lipinski definition) is 3. The van der Waals surface area contributed by atoms with Gasteiger partial charge in [0.1, 0.15) is 0 Å². The van der Waals surface area contributed by atoms with Crippen molar-refractivity contribution < 1.29 is 9.90 Å². The van der Waals surface area contributed by atoms with Crippen LogP contribution in [-0.4, -0.2) is 33.9 Å². The van der Waals surface area contributed by atoms with Crippen LogP contribution in [0, 0.1) is 0 Å². The molecule has 1 unspecified atom stereocenters. The van der Waals surface area contributed by atoms with Crippen molar-refractivity contribution in [3.63, 3.8) is 0 Å². The molecule has 3 rings (SSSR count). The highest BCUT2D eigenvalue weighted by molar-refractivity contribution is 5.94. The van der Waals surface area contributed by atoms with Gasteiger partial charge < -0.3 is 10.4 Å². The van der Waals surface area contributed by atoms with E-state index in [1.165, 1.54) is 0 Å². The van der Waals surface area contributed by atoms with Crippen LogP contribution in [0.5, 0.6) is 0 Å². The normalized spacial score (nSPS) is 11.9. The molecule has 0 bridgehead atoms. The van der Waals surface area contributed by atoms with Crippen LogP contribution >= 0.6 is 0 Å². The zero-order valence-electron chi connectivity index (χ0n) is 13.9. The summed E-state index contributed by atoms with van der Waals surface area (Å²) in [5.41, 5.74) is 2.63. The first kappa shape index (κ1) is 16.9. The van der Waals surface area contributed by atoms with E-state index in [0.29, 0.717) is 18.5 Å². The number of nitrogens with zero attached hydrogens (tertiary/aromatic N) is 2. The summed E-state index contributed by atoms with van der Waals surface area (Å²) in [6.07, 6.45) is 4.18. The predicted molar refractivity (Wildman–Crippen MR) is 96.8 cm³/mol. The summed E-state index contributed by atoms with van der Waals surface area (Å²) in [7, 11) is 0. The number of hydrogen-bond donors (Lipinski definition) is 2. The molecular formula is C20H21N3O2. The fourth-order valence-electron chi connectivity index (χ4n) is 2.77. The molecule has 3 aromatic rings. The fraction of sp³-hybridized carbons (Fsp3) is 0.200. The minimum atomic E-state index is -0.120. The Bertz CT molecular complexity index is 784. The first-order valence-corrected chi connectivity index (χ1v) is 8.32. The first-order valence-electron chi connectivity index (χ1n) is 8.32. The second kappa shape index (κ2) is 8.26. The zero-order chi connectivity index (χ0) is 17.5. The minimum absolute atomic E-state index is 0.0913. The summed E-state index contributed by atoms with van der Waals surface area (Å²) in [6, 6.07) is 19.1. The lowest BCUT2D eigenvalue weighted by Gasteiger charge is -2.17. The Morgan fingerprint density at radius 3 is 2.48 bits per heavy atom. The zero-order valence-corrected chi connectivity index (χ0v) is 13.9. The second-order valence-corrected chi connectivity index (χ2v) is 5.83.